The number of piperidine rings is 1. The highest BCUT2D eigenvalue weighted by Crippen LogP contribution is 2.27. The first kappa shape index (κ1) is 19.1. The molecule has 138 valence electrons. The van der Waals surface area contributed by atoms with Gasteiger partial charge >= 0.3 is 6.09 Å². The number of hydrogen-bond donors (Lipinski definition) is 1. The van der Waals surface area contributed by atoms with Gasteiger partial charge in [-0.1, -0.05) is 13.8 Å². The Morgan fingerprint density at radius 3 is 2.52 bits per heavy atom. The molecule has 1 aromatic carbocycles. The Hall–Kier alpha value is -2.24. The number of carbonyl (C=O) groups is 2. The summed E-state index contributed by atoms with van der Waals surface area (Å²) >= 11 is 0. The maximum atomic E-state index is 12.5. The lowest BCUT2D eigenvalue weighted by atomic mass is 9.98. The molecule has 6 nitrogen and oxygen atoms in total. The zero-order valence-electron chi connectivity index (χ0n) is 15.5. The van der Waals surface area contributed by atoms with E-state index in [-0.39, 0.29) is 24.0 Å². The molecule has 0 spiro atoms. The first-order valence-corrected chi connectivity index (χ1v) is 8.86. The summed E-state index contributed by atoms with van der Waals surface area (Å²) in [6, 6.07) is 5.59. The first-order chi connectivity index (χ1) is 12.0. The van der Waals surface area contributed by atoms with Gasteiger partial charge in [-0.3, -0.25) is 4.79 Å². The number of nitrogens with zero attached hydrogens (tertiary/aromatic N) is 1. The summed E-state index contributed by atoms with van der Waals surface area (Å²) in [7, 11) is 1.64. The minimum Gasteiger partial charge on any atom is -0.496 e. The number of benzene rings is 1. The molecule has 0 unspecified atom stereocenters. The van der Waals surface area contributed by atoms with Gasteiger partial charge in [0.2, 0.25) is 0 Å². The van der Waals surface area contributed by atoms with E-state index in [1.165, 1.54) is 0 Å². The fourth-order valence-corrected chi connectivity index (χ4v) is 3.02. The quantitative estimate of drug-likeness (QED) is 0.887. The van der Waals surface area contributed by atoms with Crippen molar-refractivity contribution < 1.29 is 19.1 Å². The monoisotopic (exact) mass is 348 g/mol. The SMILES string of the molecule is CCOC(=O)N1CCC(NC(=O)c2ccc(OC)c(C(C)C)c2)CC1. The van der Waals surface area contributed by atoms with E-state index in [1.54, 1.807) is 25.0 Å². The Balaban J connectivity index is 1.95. The van der Waals surface area contributed by atoms with Crippen molar-refractivity contribution in [1.29, 1.82) is 0 Å². The van der Waals surface area contributed by atoms with E-state index in [2.05, 4.69) is 19.2 Å². The van der Waals surface area contributed by atoms with Crippen molar-refractivity contribution in [1.82, 2.24) is 10.2 Å². The number of methoxy groups -OCH3 is 1. The summed E-state index contributed by atoms with van der Waals surface area (Å²) in [5.41, 5.74) is 1.66. The summed E-state index contributed by atoms with van der Waals surface area (Å²) in [6.07, 6.45) is 1.19. The van der Waals surface area contributed by atoms with Gasteiger partial charge in [-0.05, 0) is 49.4 Å². The number of likely N-dealkylation sites (tertiary alicyclic amines) is 1. The summed E-state index contributed by atoms with van der Waals surface area (Å²) < 4.78 is 10.4. The zero-order chi connectivity index (χ0) is 18.4. The number of nitrogens with one attached hydrogen (secondary N) is 1. The Kier molecular flexibility index (Phi) is 6.67. The van der Waals surface area contributed by atoms with Gasteiger partial charge in [-0.15, -0.1) is 0 Å². The molecule has 1 aliphatic heterocycles. The molecule has 2 rings (SSSR count). The summed E-state index contributed by atoms with van der Waals surface area (Å²) in [4.78, 5) is 26.0. The second-order valence-electron chi connectivity index (χ2n) is 6.55. The molecule has 1 saturated heterocycles. The van der Waals surface area contributed by atoms with Crippen molar-refractivity contribution in [2.24, 2.45) is 0 Å². The maximum absolute atomic E-state index is 12.5. The van der Waals surface area contributed by atoms with Crippen LogP contribution in [0.2, 0.25) is 0 Å². The molecular formula is C19H28N2O4. The lowest BCUT2D eigenvalue weighted by molar-refractivity contribution is 0.0860. The van der Waals surface area contributed by atoms with Gasteiger partial charge in [0, 0.05) is 24.7 Å². The molecule has 1 aromatic rings. The van der Waals surface area contributed by atoms with Crippen molar-refractivity contribution in [3.8, 4) is 5.75 Å². The van der Waals surface area contributed by atoms with Gasteiger partial charge < -0.3 is 19.7 Å². The average molecular weight is 348 g/mol. The minimum atomic E-state index is -0.274. The van der Waals surface area contributed by atoms with E-state index in [9.17, 15) is 9.59 Å². The van der Waals surface area contributed by atoms with Crippen LogP contribution in [0.15, 0.2) is 18.2 Å². The normalized spacial score (nSPS) is 15.2. The molecule has 1 heterocycles. The number of ether oxygens (including phenoxy) is 2. The molecule has 1 fully saturated rings. The Morgan fingerprint density at radius 2 is 1.96 bits per heavy atom. The van der Waals surface area contributed by atoms with Crippen LogP contribution in [0, 0.1) is 0 Å². The largest absolute Gasteiger partial charge is 0.496 e. The third kappa shape index (κ3) is 4.87. The molecular weight excluding hydrogens is 320 g/mol. The highest BCUT2D eigenvalue weighted by molar-refractivity contribution is 5.94. The van der Waals surface area contributed by atoms with Crippen molar-refractivity contribution in [2.75, 3.05) is 26.8 Å². The second kappa shape index (κ2) is 8.74. The van der Waals surface area contributed by atoms with Gasteiger partial charge in [0.25, 0.3) is 5.91 Å². The van der Waals surface area contributed by atoms with Crippen LogP contribution >= 0.6 is 0 Å². The zero-order valence-corrected chi connectivity index (χ0v) is 15.5. The van der Waals surface area contributed by atoms with Crippen LogP contribution in [-0.4, -0.2) is 49.7 Å². The molecule has 1 aliphatic rings. The van der Waals surface area contributed by atoms with Crippen LogP contribution in [0.4, 0.5) is 4.79 Å². The predicted molar refractivity (Wildman–Crippen MR) is 96.2 cm³/mol. The van der Waals surface area contributed by atoms with E-state index in [0.29, 0.717) is 25.3 Å². The van der Waals surface area contributed by atoms with Crippen LogP contribution in [0.5, 0.6) is 5.75 Å². The Bertz CT molecular complexity index is 607. The maximum Gasteiger partial charge on any atom is 0.409 e. The molecule has 0 saturated carbocycles. The molecule has 0 aromatic heterocycles. The van der Waals surface area contributed by atoms with E-state index in [0.717, 1.165) is 24.2 Å². The highest BCUT2D eigenvalue weighted by Gasteiger charge is 2.25. The molecule has 0 aliphatic carbocycles. The van der Waals surface area contributed by atoms with Crippen molar-refractivity contribution in [3.05, 3.63) is 29.3 Å². The lowest BCUT2D eigenvalue weighted by Gasteiger charge is -2.31. The van der Waals surface area contributed by atoms with Crippen LogP contribution in [0.3, 0.4) is 0 Å². The third-order valence-electron chi connectivity index (χ3n) is 4.47. The average Bonchev–Trinajstić information content (AvgIpc) is 2.61. The van der Waals surface area contributed by atoms with Gasteiger partial charge in [-0.2, -0.15) is 0 Å². The fourth-order valence-electron chi connectivity index (χ4n) is 3.02. The lowest BCUT2D eigenvalue weighted by Crippen LogP contribution is -2.46. The molecule has 25 heavy (non-hydrogen) atoms. The van der Waals surface area contributed by atoms with Crippen molar-refractivity contribution in [2.45, 2.75) is 45.6 Å². The van der Waals surface area contributed by atoms with E-state index >= 15 is 0 Å². The molecule has 0 radical (unpaired) electrons. The van der Waals surface area contributed by atoms with Gasteiger partial charge in [0.1, 0.15) is 5.75 Å². The molecule has 2 amide bonds. The van der Waals surface area contributed by atoms with Gasteiger partial charge in [0.15, 0.2) is 0 Å². The molecule has 1 N–H and O–H groups in total. The Labute approximate surface area is 149 Å². The number of hydrogen-bond acceptors (Lipinski definition) is 4. The Morgan fingerprint density at radius 1 is 1.28 bits per heavy atom. The number of rotatable bonds is 5. The van der Waals surface area contributed by atoms with E-state index in [1.807, 2.05) is 12.1 Å². The third-order valence-corrected chi connectivity index (χ3v) is 4.47. The van der Waals surface area contributed by atoms with Crippen LogP contribution in [-0.2, 0) is 4.74 Å². The predicted octanol–water partition coefficient (Wildman–Crippen LogP) is 3.17. The fraction of sp³-hybridized carbons (Fsp3) is 0.579. The minimum absolute atomic E-state index is 0.0720. The summed E-state index contributed by atoms with van der Waals surface area (Å²) in [5.74, 6) is 0.990. The standard InChI is InChI=1S/C19H28N2O4/c1-5-25-19(23)21-10-8-15(9-11-21)20-18(22)14-6-7-17(24-4)16(12-14)13(2)3/h6-7,12-13,15H,5,8-11H2,1-4H3,(H,20,22). The smallest absolute Gasteiger partial charge is 0.409 e. The molecule has 0 bridgehead atoms. The van der Waals surface area contributed by atoms with Crippen LogP contribution < -0.4 is 10.1 Å². The second-order valence-corrected chi connectivity index (χ2v) is 6.55. The molecule has 6 heteroatoms. The van der Waals surface area contributed by atoms with Crippen LogP contribution in [0.1, 0.15) is 55.5 Å². The highest BCUT2D eigenvalue weighted by atomic mass is 16.6. The number of carbonyl (C=O) groups excluding carboxylic acids is 2. The first-order valence-electron chi connectivity index (χ1n) is 8.86. The topological polar surface area (TPSA) is 67.9 Å². The number of amides is 2. The molecule has 0 atom stereocenters. The van der Waals surface area contributed by atoms with E-state index in [4.69, 9.17) is 9.47 Å². The van der Waals surface area contributed by atoms with Crippen LogP contribution in [0.25, 0.3) is 0 Å². The van der Waals surface area contributed by atoms with Crippen molar-refractivity contribution in [3.63, 3.8) is 0 Å². The van der Waals surface area contributed by atoms with Gasteiger partial charge in [0.05, 0.1) is 13.7 Å². The summed E-state index contributed by atoms with van der Waals surface area (Å²) in [5, 5.41) is 3.07. The van der Waals surface area contributed by atoms with Crippen molar-refractivity contribution >= 4 is 12.0 Å². The van der Waals surface area contributed by atoms with Gasteiger partial charge in [-0.25, -0.2) is 4.79 Å². The summed E-state index contributed by atoms with van der Waals surface area (Å²) in [6.45, 7) is 7.53. The van der Waals surface area contributed by atoms with E-state index < -0.39 is 0 Å².